The second-order valence-electron chi connectivity index (χ2n) is 8.32. The molecule has 7 heteroatoms. The van der Waals surface area contributed by atoms with Crippen molar-refractivity contribution in [3.63, 3.8) is 0 Å². The maximum atomic E-state index is 12.4. The summed E-state index contributed by atoms with van der Waals surface area (Å²) >= 11 is 0. The topological polar surface area (TPSA) is 71.1 Å². The first-order chi connectivity index (χ1) is 12.8. The molecule has 0 aliphatic carbocycles. The smallest absolute Gasteiger partial charge is 0.410 e. The molecule has 0 radical (unpaired) electrons. The molecular formula is C20H29N3O4. The minimum atomic E-state index is -0.516. The van der Waals surface area contributed by atoms with Gasteiger partial charge in [-0.1, -0.05) is 30.3 Å². The summed E-state index contributed by atoms with van der Waals surface area (Å²) < 4.78 is 10.9. The van der Waals surface area contributed by atoms with E-state index >= 15 is 0 Å². The van der Waals surface area contributed by atoms with Crippen molar-refractivity contribution in [3.8, 4) is 0 Å². The van der Waals surface area contributed by atoms with E-state index in [0.29, 0.717) is 32.7 Å². The molecule has 2 aliphatic rings. The molecule has 1 spiro atoms. The first kappa shape index (κ1) is 19.5. The predicted octanol–water partition coefficient (Wildman–Crippen LogP) is 2.61. The largest absolute Gasteiger partial charge is 0.445 e. The standard InChI is InChI=1S/C20H29N3O4/c1-19(2,3)27-18(25)23-12-10-21-20(15-23)9-11-22(14-20)17(24)26-13-16-7-5-4-6-8-16/h4-8,21H,9-15H2,1-3H3/t20-/m1/s1. The van der Waals surface area contributed by atoms with E-state index in [-0.39, 0.29) is 24.3 Å². The molecule has 1 aromatic rings. The summed E-state index contributed by atoms with van der Waals surface area (Å²) in [6.07, 6.45) is 0.174. The molecule has 7 nitrogen and oxygen atoms in total. The Balaban J connectivity index is 1.54. The molecule has 2 amide bonds. The maximum absolute atomic E-state index is 12.4. The third-order valence-corrected chi connectivity index (χ3v) is 4.84. The van der Waals surface area contributed by atoms with E-state index in [2.05, 4.69) is 5.32 Å². The summed E-state index contributed by atoms with van der Waals surface area (Å²) in [6.45, 7) is 8.82. The lowest BCUT2D eigenvalue weighted by atomic mass is 9.96. The van der Waals surface area contributed by atoms with Crippen molar-refractivity contribution in [3.05, 3.63) is 35.9 Å². The molecule has 2 heterocycles. The molecule has 2 fully saturated rings. The number of benzene rings is 1. The van der Waals surface area contributed by atoms with Gasteiger partial charge in [0.05, 0.1) is 5.54 Å². The highest BCUT2D eigenvalue weighted by Crippen LogP contribution is 2.26. The Bertz CT molecular complexity index is 674. The van der Waals surface area contributed by atoms with Gasteiger partial charge >= 0.3 is 12.2 Å². The average Bonchev–Trinajstić information content (AvgIpc) is 3.02. The lowest BCUT2D eigenvalue weighted by Gasteiger charge is -2.41. The van der Waals surface area contributed by atoms with Gasteiger partial charge in [-0.25, -0.2) is 9.59 Å². The number of amides is 2. The lowest BCUT2D eigenvalue weighted by Crippen LogP contribution is -2.63. The summed E-state index contributed by atoms with van der Waals surface area (Å²) in [4.78, 5) is 28.3. The van der Waals surface area contributed by atoms with Gasteiger partial charge in [-0.2, -0.15) is 0 Å². The second kappa shape index (κ2) is 7.76. The molecule has 0 aromatic heterocycles. The Morgan fingerprint density at radius 2 is 1.74 bits per heavy atom. The Morgan fingerprint density at radius 1 is 1.07 bits per heavy atom. The van der Waals surface area contributed by atoms with Gasteiger partial charge in [0.15, 0.2) is 0 Å². The summed E-state index contributed by atoms with van der Waals surface area (Å²) in [7, 11) is 0. The third-order valence-electron chi connectivity index (χ3n) is 4.84. The van der Waals surface area contributed by atoms with Crippen molar-refractivity contribution in [2.75, 3.05) is 32.7 Å². The van der Waals surface area contributed by atoms with Crippen LogP contribution in [0.25, 0.3) is 0 Å². The van der Waals surface area contributed by atoms with Crippen LogP contribution in [0.2, 0.25) is 0 Å². The van der Waals surface area contributed by atoms with Crippen LogP contribution in [0.1, 0.15) is 32.8 Å². The quantitative estimate of drug-likeness (QED) is 0.860. The minimum Gasteiger partial charge on any atom is -0.445 e. The van der Waals surface area contributed by atoms with Crippen molar-refractivity contribution in [1.29, 1.82) is 0 Å². The number of hydrogen-bond donors (Lipinski definition) is 1. The van der Waals surface area contributed by atoms with Crippen molar-refractivity contribution in [1.82, 2.24) is 15.1 Å². The van der Waals surface area contributed by atoms with Crippen molar-refractivity contribution in [2.45, 2.75) is 44.9 Å². The third kappa shape index (κ3) is 5.13. The maximum Gasteiger partial charge on any atom is 0.410 e. The van der Waals surface area contributed by atoms with Crippen LogP contribution in [0.4, 0.5) is 9.59 Å². The molecule has 1 aromatic carbocycles. The van der Waals surface area contributed by atoms with Crippen LogP contribution in [0.15, 0.2) is 30.3 Å². The van der Waals surface area contributed by atoms with E-state index in [1.54, 1.807) is 9.80 Å². The van der Waals surface area contributed by atoms with Crippen molar-refractivity contribution < 1.29 is 19.1 Å². The normalized spacial score (nSPS) is 22.8. The molecule has 3 rings (SSSR count). The van der Waals surface area contributed by atoms with Gasteiger partial charge < -0.3 is 24.6 Å². The SMILES string of the molecule is CC(C)(C)OC(=O)N1CCN[C@@]2(CCN(C(=O)OCc3ccccc3)C2)C1. The number of likely N-dealkylation sites (tertiary alicyclic amines) is 1. The molecule has 0 unspecified atom stereocenters. The van der Waals surface area contributed by atoms with E-state index in [1.165, 1.54) is 0 Å². The predicted molar refractivity (Wildman–Crippen MR) is 101 cm³/mol. The highest BCUT2D eigenvalue weighted by molar-refractivity contribution is 5.69. The van der Waals surface area contributed by atoms with Gasteiger partial charge in [0.1, 0.15) is 12.2 Å². The zero-order valence-electron chi connectivity index (χ0n) is 16.4. The Kier molecular flexibility index (Phi) is 5.60. The molecule has 2 aliphatic heterocycles. The second-order valence-corrected chi connectivity index (χ2v) is 8.32. The summed E-state index contributed by atoms with van der Waals surface area (Å²) in [5.41, 5.74) is 0.158. The first-order valence-electron chi connectivity index (χ1n) is 9.45. The summed E-state index contributed by atoms with van der Waals surface area (Å²) in [5.74, 6) is 0. The van der Waals surface area contributed by atoms with Crippen LogP contribution in [0, 0.1) is 0 Å². The number of carbonyl (C=O) groups is 2. The van der Waals surface area contributed by atoms with Crippen LogP contribution in [0.3, 0.4) is 0 Å². The molecule has 27 heavy (non-hydrogen) atoms. The molecule has 148 valence electrons. The highest BCUT2D eigenvalue weighted by Gasteiger charge is 2.44. The molecule has 0 saturated carbocycles. The van der Waals surface area contributed by atoms with E-state index in [4.69, 9.17) is 9.47 Å². The van der Waals surface area contributed by atoms with Gasteiger partial charge in [-0.05, 0) is 32.8 Å². The van der Waals surface area contributed by atoms with Gasteiger partial charge in [0, 0.05) is 32.7 Å². The summed E-state index contributed by atoms with van der Waals surface area (Å²) in [6, 6.07) is 9.64. The fourth-order valence-electron chi connectivity index (χ4n) is 3.55. The number of ether oxygens (including phenoxy) is 2. The number of carbonyl (C=O) groups excluding carboxylic acids is 2. The minimum absolute atomic E-state index is 0.265. The molecule has 1 atom stereocenters. The molecule has 1 N–H and O–H groups in total. The number of piperazine rings is 1. The van der Waals surface area contributed by atoms with E-state index in [1.807, 2.05) is 51.1 Å². The Hall–Kier alpha value is -2.28. The monoisotopic (exact) mass is 375 g/mol. The van der Waals surface area contributed by atoms with Crippen LogP contribution in [-0.2, 0) is 16.1 Å². The number of nitrogens with zero attached hydrogens (tertiary/aromatic N) is 2. The van der Waals surface area contributed by atoms with Gasteiger partial charge in [0.25, 0.3) is 0 Å². The van der Waals surface area contributed by atoms with Crippen LogP contribution in [-0.4, -0.2) is 65.9 Å². The van der Waals surface area contributed by atoms with Gasteiger partial charge in [0.2, 0.25) is 0 Å². The Morgan fingerprint density at radius 3 is 2.41 bits per heavy atom. The molecule has 0 bridgehead atoms. The fourth-order valence-corrected chi connectivity index (χ4v) is 3.55. The van der Waals surface area contributed by atoms with E-state index < -0.39 is 5.60 Å². The Labute approximate surface area is 160 Å². The van der Waals surface area contributed by atoms with Gasteiger partial charge in [-0.3, -0.25) is 0 Å². The lowest BCUT2D eigenvalue weighted by molar-refractivity contribution is 0.0129. The molecular weight excluding hydrogens is 346 g/mol. The average molecular weight is 375 g/mol. The van der Waals surface area contributed by atoms with Crippen LogP contribution < -0.4 is 5.32 Å². The van der Waals surface area contributed by atoms with E-state index in [9.17, 15) is 9.59 Å². The van der Waals surface area contributed by atoms with Gasteiger partial charge in [-0.15, -0.1) is 0 Å². The first-order valence-corrected chi connectivity index (χ1v) is 9.45. The van der Waals surface area contributed by atoms with Crippen LogP contribution >= 0.6 is 0 Å². The number of hydrogen-bond acceptors (Lipinski definition) is 5. The highest BCUT2D eigenvalue weighted by atomic mass is 16.6. The zero-order chi connectivity index (χ0) is 19.5. The van der Waals surface area contributed by atoms with Crippen molar-refractivity contribution >= 4 is 12.2 Å². The fraction of sp³-hybridized carbons (Fsp3) is 0.600. The van der Waals surface area contributed by atoms with Crippen LogP contribution in [0.5, 0.6) is 0 Å². The van der Waals surface area contributed by atoms with Crippen molar-refractivity contribution in [2.24, 2.45) is 0 Å². The number of nitrogens with one attached hydrogen (secondary N) is 1. The zero-order valence-corrected chi connectivity index (χ0v) is 16.4. The molecule has 2 saturated heterocycles. The van der Waals surface area contributed by atoms with E-state index in [0.717, 1.165) is 12.0 Å². The number of rotatable bonds is 2. The summed E-state index contributed by atoms with van der Waals surface area (Å²) in [5, 5.41) is 3.50.